The quantitative estimate of drug-likeness (QED) is 0.886. The smallest absolute Gasteiger partial charge is 0.206 e. The zero-order valence-electron chi connectivity index (χ0n) is 13.7. The van der Waals surface area contributed by atoms with Crippen LogP contribution in [0.3, 0.4) is 0 Å². The van der Waals surface area contributed by atoms with Gasteiger partial charge in [-0.25, -0.2) is 8.42 Å². The first-order valence-electron chi connectivity index (χ1n) is 8.20. The van der Waals surface area contributed by atoms with Crippen molar-refractivity contribution < 1.29 is 13.2 Å². The van der Waals surface area contributed by atoms with Crippen LogP contribution in [0.4, 0.5) is 5.69 Å². The van der Waals surface area contributed by atoms with Crippen molar-refractivity contribution in [2.45, 2.75) is 22.3 Å². The van der Waals surface area contributed by atoms with Crippen LogP contribution in [-0.2, 0) is 9.84 Å². The van der Waals surface area contributed by atoms with Crippen LogP contribution in [0, 0.1) is 0 Å². The highest BCUT2D eigenvalue weighted by atomic mass is 35.5. The van der Waals surface area contributed by atoms with Crippen LogP contribution >= 0.6 is 12.4 Å². The number of halogens is 1. The maximum atomic E-state index is 12.8. The number of hydrogen-bond acceptors (Lipinski definition) is 5. The summed E-state index contributed by atoms with van der Waals surface area (Å²) in [4.78, 5) is 2.91. The lowest BCUT2D eigenvalue weighted by Crippen LogP contribution is -2.42. The second kappa shape index (κ2) is 7.23. The molecule has 5 nitrogen and oxygen atoms in total. The van der Waals surface area contributed by atoms with Crippen molar-refractivity contribution in [3.8, 4) is 5.75 Å². The number of hydrogen-bond donors (Lipinski definition) is 1. The average molecular weight is 381 g/mol. The standard InChI is InChI=1S/C18H20N2O3S.ClH/c21-24(22,15-4-2-1-3-5-15)16-6-7-17-18(12-16)23-11-10-20(17)14-8-9-19-13-14;/h1-7,12,14,19H,8-11,13H2;1H. The predicted molar refractivity (Wildman–Crippen MR) is 99.7 cm³/mol. The van der Waals surface area contributed by atoms with Gasteiger partial charge in [-0.3, -0.25) is 0 Å². The minimum atomic E-state index is -3.52. The molecule has 2 aromatic carbocycles. The highest BCUT2D eigenvalue weighted by Crippen LogP contribution is 2.36. The molecule has 134 valence electrons. The maximum absolute atomic E-state index is 12.8. The number of fused-ring (bicyclic) bond motifs is 1. The number of anilines is 1. The van der Waals surface area contributed by atoms with Gasteiger partial charge in [0.05, 0.1) is 22.0 Å². The number of rotatable bonds is 3. The third kappa shape index (κ3) is 3.34. The van der Waals surface area contributed by atoms with Crippen LogP contribution in [0.1, 0.15) is 6.42 Å². The van der Waals surface area contributed by atoms with E-state index in [-0.39, 0.29) is 17.3 Å². The number of ether oxygens (including phenoxy) is 1. The normalized spacial score (nSPS) is 19.7. The molecule has 2 aliphatic rings. The maximum Gasteiger partial charge on any atom is 0.206 e. The van der Waals surface area contributed by atoms with Gasteiger partial charge in [0.15, 0.2) is 0 Å². The van der Waals surface area contributed by atoms with E-state index in [1.807, 2.05) is 12.1 Å². The molecule has 0 bridgehead atoms. The first-order chi connectivity index (χ1) is 11.7. The summed E-state index contributed by atoms with van der Waals surface area (Å²) >= 11 is 0. The van der Waals surface area contributed by atoms with Gasteiger partial charge in [-0.05, 0) is 37.2 Å². The summed E-state index contributed by atoms with van der Waals surface area (Å²) in [5.41, 5.74) is 0.988. The van der Waals surface area contributed by atoms with E-state index in [1.54, 1.807) is 36.4 Å². The van der Waals surface area contributed by atoms with E-state index in [0.717, 1.165) is 31.7 Å². The lowest BCUT2D eigenvalue weighted by atomic mass is 10.1. The average Bonchev–Trinajstić information content (AvgIpc) is 3.16. The molecule has 2 heterocycles. The fourth-order valence-electron chi connectivity index (χ4n) is 3.41. The second-order valence-corrected chi connectivity index (χ2v) is 8.08. The second-order valence-electron chi connectivity index (χ2n) is 6.13. The van der Waals surface area contributed by atoms with E-state index in [0.29, 0.717) is 23.3 Å². The highest BCUT2D eigenvalue weighted by Gasteiger charge is 2.29. The first kappa shape index (κ1) is 18.0. The van der Waals surface area contributed by atoms with E-state index < -0.39 is 9.84 Å². The molecular formula is C18H21ClN2O3S. The van der Waals surface area contributed by atoms with Crippen LogP contribution in [0.25, 0.3) is 0 Å². The SMILES string of the molecule is Cl.O=S(=O)(c1ccccc1)c1ccc2c(c1)OCCN2C1CCNC1. The Hall–Kier alpha value is -1.76. The Bertz CT molecular complexity index is 837. The van der Waals surface area contributed by atoms with Gasteiger partial charge in [0.1, 0.15) is 12.4 Å². The largest absolute Gasteiger partial charge is 0.490 e. The Morgan fingerprint density at radius 1 is 1.08 bits per heavy atom. The summed E-state index contributed by atoms with van der Waals surface area (Å²) < 4.78 is 31.3. The van der Waals surface area contributed by atoms with Gasteiger partial charge >= 0.3 is 0 Å². The molecule has 0 radical (unpaired) electrons. The molecule has 1 atom stereocenters. The van der Waals surface area contributed by atoms with Crippen LogP contribution in [-0.4, -0.2) is 40.7 Å². The van der Waals surface area contributed by atoms with E-state index in [4.69, 9.17) is 4.74 Å². The minimum Gasteiger partial charge on any atom is -0.490 e. The Balaban J connectivity index is 0.00000182. The Morgan fingerprint density at radius 2 is 1.88 bits per heavy atom. The molecule has 1 fully saturated rings. The molecule has 0 aliphatic carbocycles. The molecule has 0 saturated carbocycles. The van der Waals surface area contributed by atoms with Crippen LogP contribution < -0.4 is 15.0 Å². The predicted octanol–water partition coefficient (Wildman–Crippen LogP) is 2.50. The Kier molecular flexibility index (Phi) is 5.22. The molecule has 1 N–H and O–H groups in total. The van der Waals surface area contributed by atoms with Crippen LogP contribution in [0.15, 0.2) is 58.3 Å². The fraction of sp³-hybridized carbons (Fsp3) is 0.333. The number of nitrogens with one attached hydrogen (secondary N) is 1. The van der Waals surface area contributed by atoms with Gasteiger partial charge in [0.2, 0.25) is 9.84 Å². The fourth-order valence-corrected chi connectivity index (χ4v) is 4.71. The van der Waals surface area contributed by atoms with Crippen molar-refractivity contribution in [1.29, 1.82) is 0 Å². The summed E-state index contributed by atoms with van der Waals surface area (Å²) in [6.45, 7) is 3.41. The van der Waals surface area contributed by atoms with Gasteiger partial charge in [0, 0.05) is 18.7 Å². The molecular weight excluding hydrogens is 360 g/mol. The van der Waals surface area contributed by atoms with Gasteiger partial charge in [-0.2, -0.15) is 0 Å². The first-order valence-corrected chi connectivity index (χ1v) is 9.69. The highest BCUT2D eigenvalue weighted by molar-refractivity contribution is 7.91. The van der Waals surface area contributed by atoms with E-state index in [1.165, 1.54) is 0 Å². The van der Waals surface area contributed by atoms with Crippen molar-refractivity contribution >= 4 is 27.9 Å². The van der Waals surface area contributed by atoms with Crippen molar-refractivity contribution in [3.05, 3.63) is 48.5 Å². The zero-order valence-corrected chi connectivity index (χ0v) is 15.4. The van der Waals surface area contributed by atoms with Crippen molar-refractivity contribution in [2.24, 2.45) is 0 Å². The molecule has 1 unspecified atom stereocenters. The summed E-state index contributed by atoms with van der Waals surface area (Å²) in [6.07, 6.45) is 1.10. The minimum absolute atomic E-state index is 0. The molecule has 0 aromatic heterocycles. The van der Waals surface area contributed by atoms with Crippen molar-refractivity contribution in [2.75, 3.05) is 31.1 Å². The summed E-state index contributed by atoms with van der Waals surface area (Å²) in [7, 11) is -3.52. The van der Waals surface area contributed by atoms with E-state index in [9.17, 15) is 8.42 Å². The van der Waals surface area contributed by atoms with E-state index in [2.05, 4.69) is 10.2 Å². The number of sulfone groups is 1. The van der Waals surface area contributed by atoms with Crippen LogP contribution in [0.2, 0.25) is 0 Å². The molecule has 1 saturated heterocycles. The third-order valence-electron chi connectivity index (χ3n) is 4.67. The summed E-state index contributed by atoms with van der Waals surface area (Å²) in [5.74, 6) is 0.658. The third-order valence-corrected chi connectivity index (χ3v) is 6.44. The van der Waals surface area contributed by atoms with E-state index >= 15 is 0 Å². The Morgan fingerprint density at radius 3 is 2.60 bits per heavy atom. The molecule has 7 heteroatoms. The molecule has 0 spiro atoms. The molecule has 4 rings (SSSR count). The molecule has 25 heavy (non-hydrogen) atoms. The van der Waals surface area contributed by atoms with Gasteiger partial charge < -0.3 is 15.0 Å². The topological polar surface area (TPSA) is 58.6 Å². The molecule has 2 aliphatic heterocycles. The summed E-state index contributed by atoms with van der Waals surface area (Å²) in [5, 5.41) is 3.38. The number of benzene rings is 2. The molecule has 0 amide bonds. The van der Waals surface area contributed by atoms with Gasteiger partial charge in [-0.15, -0.1) is 12.4 Å². The van der Waals surface area contributed by atoms with Gasteiger partial charge in [0.25, 0.3) is 0 Å². The van der Waals surface area contributed by atoms with Gasteiger partial charge in [-0.1, -0.05) is 18.2 Å². The van der Waals surface area contributed by atoms with Crippen molar-refractivity contribution in [1.82, 2.24) is 5.32 Å². The van der Waals surface area contributed by atoms with Crippen LogP contribution in [0.5, 0.6) is 5.75 Å². The monoisotopic (exact) mass is 380 g/mol. The molecule has 2 aromatic rings. The Labute approximate surface area is 154 Å². The summed E-state index contributed by atoms with van der Waals surface area (Å²) in [6, 6.07) is 14.2. The lowest BCUT2D eigenvalue weighted by molar-refractivity contribution is 0.300. The lowest BCUT2D eigenvalue weighted by Gasteiger charge is -2.35. The zero-order chi connectivity index (χ0) is 16.6. The number of nitrogens with zero attached hydrogens (tertiary/aromatic N) is 1. The van der Waals surface area contributed by atoms with Crippen molar-refractivity contribution in [3.63, 3.8) is 0 Å².